The van der Waals surface area contributed by atoms with Crippen LogP contribution in [0.5, 0.6) is 0 Å². The van der Waals surface area contributed by atoms with Gasteiger partial charge in [0.05, 0.1) is 0 Å². The number of furan rings is 1. The molecule has 0 aliphatic carbocycles. The maximum Gasteiger partial charge on any atom is 0.374 e. The number of hydrogen-bond donors (Lipinski definition) is 2. The molecule has 2 rings (SSSR count). The molecule has 0 aliphatic rings. The van der Waals surface area contributed by atoms with Gasteiger partial charge in [0.25, 0.3) is 0 Å². The summed E-state index contributed by atoms with van der Waals surface area (Å²) in [6, 6.07) is 6.81. The van der Waals surface area contributed by atoms with Crippen molar-refractivity contribution >= 4 is 28.5 Å². The average molecular weight is 245 g/mol. The van der Waals surface area contributed by atoms with E-state index >= 15 is 0 Å². The number of carboxylic acid groups (broad SMARTS) is 1. The highest BCUT2D eigenvalue weighted by Crippen LogP contribution is 2.30. The first kappa shape index (κ1) is 11.9. The first-order valence-corrected chi connectivity index (χ1v) is 5.32. The van der Waals surface area contributed by atoms with Crippen LogP contribution in [0.3, 0.4) is 0 Å². The van der Waals surface area contributed by atoms with Crippen LogP contribution in [0.1, 0.15) is 17.5 Å². The highest BCUT2D eigenvalue weighted by atomic mass is 16.4. The summed E-state index contributed by atoms with van der Waals surface area (Å²) in [7, 11) is 0. The lowest BCUT2D eigenvalue weighted by Crippen LogP contribution is -2.10. The third-order valence-electron chi connectivity index (χ3n) is 2.36. The van der Waals surface area contributed by atoms with Crippen LogP contribution < -0.4 is 5.32 Å². The highest BCUT2D eigenvalue weighted by molar-refractivity contribution is 6.11. The molecule has 0 spiro atoms. The van der Waals surface area contributed by atoms with Crippen LogP contribution in [0, 0.1) is 0 Å². The summed E-state index contributed by atoms with van der Waals surface area (Å²) in [5, 5.41) is 12.1. The molecule has 1 aromatic heterocycles. The maximum absolute atomic E-state index is 11.5. The standard InChI is InChI=1S/C13H11NO4/c1-2-5-10(15)14-11-8-6-3-4-7-9(8)18-12(11)13(16)17/h2-7H,1H3,(H,14,15)(H,16,17)/b5-2+. The first-order chi connectivity index (χ1) is 8.63. The van der Waals surface area contributed by atoms with Crippen LogP contribution >= 0.6 is 0 Å². The summed E-state index contributed by atoms with van der Waals surface area (Å²) < 4.78 is 5.20. The summed E-state index contributed by atoms with van der Waals surface area (Å²) in [6.45, 7) is 1.70. The topological polar surface area (TPSA) is 79.5 Å². The lowest BCUT2D eigenvalue weighted by Gasteiger charge is -2.00. The van der Waals surface area contributed by atoms with E-state index in [4.69, 9.17) is 9.52 Å². The van der Waals surface area contributed by atoms with Crippen molar-refractivity contribution in [2.75, 3.05) is 5.32 Å². The van der Waals surface area contributed by atoms with Gasteiger partial charge in [-0.1, -0.05) is 18.2 Å². The number of benzene rings is 1. The molecule has 5 nitrogen and oxygen atoms in total. The molecule has 0 radical (unpaired) electrons. The van der Waals surface area contributed by atoms with Gasteiger partial charge in [0.1, 0.15) is 11.3 Å². The number of hydrogen-bond acceptors (Lipinski definition) is 3. The van der Waals surface area contributed by atoms with E-state index in [9.17, 15) is 9.59 Å². The molecule has 18 heavy (non-hydrogen) atoms. The number of rotatable bonds is 3. The Balaban J connectivity index is 2.55. The van der Waals surface area contributed by atoms with Crippen LogP contribution in [0.25, 0.3) is 11.0 Å². The molecule has 0 unspecified atom stereocenters. The molecule has 0 fully saturated rings. The third-order valence-corrected chi connectivity index (χ3v) is 2.36. The van der Waals surface area contributed by atoms with Crippen molar-refractivity contribution in [3.05, 3.63) is 42.2 Å². The molecule has 0 saturated heterocycles. The van der Waals surface area contributed by atoms with Crippen molar-refractivity contribution < 1.29 is 19.1 Å². The number of anilines is 1. The summed E-state index contributed by atoms with van der Waals surface area (Å²) >= 11 is 0. The van der Waals surface area contributed by atoms with Gasteiger partial charge in [0.15, 0.2) is 0 Å². The zero-order valence-electron chi connectivity index (χ0n) is 9.64. The van der Waals surface area contributed by atoms with Gasteiger partial charge >= 0.3 is 5.97 Å². The Kier molecular flexibility index (Phi) is 3.14. The summed E-state index contributed by atoms with van der Waals surface area (Å²) in [4.78, 5) is 22.6. The Labute approximate surface area is 103 Å². The van der Waals surface area contributed by atoms with E-state index in [0.717, 1.165) is 0 Å². The van der Waals surface area contributed by atoms with Gasteiger partial charge in [0.2, 0.25) is 11.7 Å². The molecule has 0 saturated carbocycles. The summed E-state index contributed by atoms with van der Waals surface area (Å²) in [5.41, 5.74) is 0.604. The molecule has 0 bridgehead atoms. The van der Waals surface area contributed by atoms with Crippen LogP contribution in [0.4, 0.5) is 5.69 Å². The Hall–Kier alpha value is -2.56. The zero-order valence-corrected chi connectivity index (χ0v) is 9.64. The molecule has 0 atom stereocenters. The molecule has 92 valence electrons. The van der Waals surface area contributed by atoms with E-state index < -0.39 is 11.9 Å². The molecule has 1 aromatic carbocycles. The van der Waals surface area contributed by atoms with Crippen molar-refractivity contribution in [1.82, 2.24) is 0 Å². The van der Waals surface area contributed by atoms with Crippen molar-refractivity contribution in [3.63, 3.8) is 0 Å². The molecule has 5 heteroatoms. The highest BCUT2D eigenvalue weighted by Gasteiger charge is 2.20. The van der Waals surface area contributed by atoms with E-state index in [1.165, 1.54) is 6.08 Å². The van der Waals surface area contributed by atoms with E-state index in [1.54, 1.807) is 37.3 Å². The second-order valence-corrected chi connectivity index (χ2v) is 3.60. The smallest absolute Gasteiger partial charge is 0.374 e. The predicted octanol–water partition coefficient (Wildman–Crippen LogP) is 2.65. The van der Waals surface area contributed by atoms with Gasteiger partial charge in [0, 0.05) is 5.39 Å². The summed E-state index contributed by atoms with van der Waals surface area (Å²) in [5.74, 6) is -1.89. The van der Waals surface area contributed by atoms with Gasteiger partial charge in [-0.05, 0) is 25.1 Å². The lowest BCUT2D eigenvalue weighted by molar-refractivity contribution is -0.111. The van der Waals surface area contributed by atoms with E-state index in [2.05, 4.69) is 5.32 Å². The van der Waals surface area contributed by atoms with Gasteiger partial charge in [-0.15, -0.1) is 0 Å². The average Bonchev–Trinajstić information content (AvgIpc) is 2.69. The molecule has 2 N–H and O–H groups in total. The minimum Gasteiger partial charge on any atom is -0.475 e. The van der Waals surface area contributed by atoms with E-state index in [-0.39, 0.29) is 11.4 Å². The fourth-order valence-electron chi connectivity index (χ4n) is 1.64. The number of carbonyl (C=O) groups is 2. The second-order valence-electron chi connectivity index (χ2n) is 3.60. The van der Waals surface area contributed by atoms with E-state index in [1.807, 2.05) is 0 Å². The minimum atomic E-state index is -1.22. The molecular weight excluding hydrogens is 234 g/mol. The Morgan fingerprint density at radius 2 is 2.06 bits per heavy atom. The predicted molar refractivity (Wildman–Crippen MR) is 66.6 cm³/mol. The Bertz CT molecular complexity index is 639. The second kappa shape index (κ2) is 4.75. The molecule has 1 amide bonds. The van der Waals surface area contributed by atoms with Gasteiger partial charge in [-0.2, -0.15) is 0 Å². The number of carboxylic acids is 1. The van der Waals surface area contributed by atoms with Crippen LogP contribution in [0.2, 0.25) is 0 Å². The van der Waals surface area contributed by atoms with Crippen molar-refractivity contribution in [2.24, 2.45) is 0 Å². The van der Waals surface area contributed by atoms with E-state index in [0.29, 0.717) is 11.0 Å². The van der Waals surface area contributed by atoms with Crippen LogP contribution in [0.15, 0.2) is 40.8 Å². The number of para-hydroxylation sites is 1. The van der Waals surface area contributed by atoms with Crippen molar-refractivity contribution in [1.29, 1.82) is 0 Å². The number of carbonyl (C=O) groups excluding carboxylic acids is 1. The SMILES string of the molecule is C/C=C/C(=O)Nc1c(C(=O)O)oc2ccccc12. The Morgan fingerprint density at radius 3 is 2.72 bits per heavy atom. The number of allylic oxidation sites excluding steroid dienone is 1. The largest absolute Gasteiger partial charge is 0.475 e. The minimum absolute atomic E-state index is 0.182. The zero-order chi connectivity index (χ0) is 13.1. The van der Waals surface area contributed by atoms with Crippen LogP contribution in [-0.2, 0) is 4.79 Å². The normalized spacial score (nSPS) is 10.9. The number of amides is 1. The van der Waals surface area contributed by atoms with Crippen LogP contribution in [-0.4, -0.2) is 17.0 Å². The number of fused-ring (bicyclic) bond motifs is 1. The number of aromatic carboxylic acids is 1. The molecule has 2 aromatic rings. The third kappa shape index (κ3) is 2.10. The fraction of sp³-hybridized carbons (Fsp3) is 0.0769. The van der Waals surface area contributed by atoms with Gasteiger partial charge in [-0.3, -0.25) is 4.79 Å². The number of nitrogens with one attached hydrogen (secondary N) is 1. The fourth-order valence-corrected chi connectivity index (χ4v) is 1.64. The summed E-state index contributed by atoms with van der Waals surface area (Å²) in [6.07, 6.45) is 2.88. The lowest BCUT2D eigenvalue weighted by atomic mass is 10.2. The van der Waals surface area contributed by atoms with Gasteiger partial charge in [-0.25, -0.2) is 4.79 Å². The molecule has 1 heterocycles. The first-order valence-electron chi connectivity index (χ1n) is 5.32. The van der Waals surface area contributed by atoms with Crippen molar-refractivity contribution in [3.8, 4) is 0 Å². The van der Waals surface area contributed by atoms with Crippen molar-refractivity contribution in [2.45, 2.75) is 6.92 Å². The quantitative estimate of drug-likeness (QED) is 0.814. The molecule has 0 aliphatic heterocycles. The maximum atomic E-state index is 11.5. The monoisotopic (exact) mass is 245 g/mol. The Morgan fingerprint density at radius 1 is 1.33 bits per heavy atom. The van der Waals surface area contributed by atoms with Gasteiger partial charge < -0.3 is 14.8 Å². The molecular formula is C13H11NO4.